The number of benzene rings is 1. The number of hydrogen-bond acceptors (Lipinski definition) is 3. The van der Waals surface area contributed by atoms with E-state index >= 15 is 0 Å². The lowest BCUT2D eigenvalue weighted by Crippen LogP contribution is -2.30. The van der Waals surface area contributed by atoms with Crippen molar-refractivity contribution in [3.05, 3.63) is 29.8 Å². The molecule has 0 bridgehead atoms. The summed E-state index contributed by atoms with van der Waals surface area (Å²) in [6, 6.07) is 8.12. The van der Waals surface area contributed by atoms with Crippen molar-refractivity contribution in [2.45, 2.75) is 58.8 Å². The third kappa shape index (κ3) is 6.08. The van der Waals surface area contributed by atoms with Gasteiger partial charge >= 0.3 is 0 Å². The number of aliphatic hydroxyl groups excluding tert-OH is 1. The largest absolute Gasteiger partial charge is 0.491 e. The van der Waals surface area contributed by atoms with E-state index < -0.39 is 6.10 Å². The molecule has 0 saturated carbocycles. The maximum atomic E-state index is 10.1. The molecule has 108 valence electrons. The Kier molecular flexibility index (Phi) is 6.89. The van der Waals surface area contributed by atoms with Crippen LogP contribution in [0, 0.1) is 0 Å². The molecule has 0 fully saturated rings. The lowest BCUT2D eigenvalue weighted by atomic mass is 10.1. The first-order valence-corrected chi connectivity index (χ1v) is 7.21. The summed E-state index contributed by atoms with van der Waals surface area (Å²) in [5.74, 6) is 0.846. The SMILES string of the molecule is CCCC(C)NCC(O)c1ccc(OC(C)C)cc1. The highest BCUT2D eigenvalue weighted by atomic mass is 16.5. The van der Waals surface area contributed by atoms with Crippen LogP contribution in [0.3, 0.4) is 0 Å². The van der Waals surface area contributed by atoms with Gasteiger partial charge in [0.25, 0.3) is 0 Å². The molecule has 2 atom stereocenters. The monoisotopic (exact) mass is 265 g/mol. The van der Waals surface area contributed by atoms with Gasteiger partial charge in [-0.15, -0.1) is 0 Å². The Bertz CT molecular complexity index is 348. The maximum Gasteiger partial charge on any atom is 0.119 e. The molecule has 0 aromatic heterocycles. The van der Waals surface area contributed by atoms with Crippen molar-refractivity contribution in [2.75, 3.05) is 6.54 Å². The molecule has 2 unspecified atom stereocenters. The number of ether oxygens (including phenoxy) is 1. The zero-order chi connectivity index (χ0) is 14.3. The van der Waals surface area contributed by atoms with Gasteiger partial charge in [-0.3, -0.25) is 0 Å². The summed E-state index contributed by atoms with van der Waals surface area (Å²) in [6.45, 7) is 8.91. The molecular formula is C16H27NO2. The Hall–Kier alpha value is -1.06. The van der Waals surface area contributed by atoms with Gasteiger partial charge in [0.1, 0.15) is 5.75 Å². The van der Waals surface area contributed by atoms with Crippen LogP contribution in [0.25, 0.3) is 0 Å². The normalized spacial score (nSPS) is 14.4. The van der Waals surface area contributed by atoms with Crippen LogP contribution in [0.4, 0.5) is 0 Å². The zero-order valence-electron chi connectivity index (χ0n) is 12.5. The zero-order valence-corrected chi connectivity index (χ0v) is 12.5. The third-order valence-corrected chi connectivity index (χ3v) is 3.02. The van der Waals surface area contributed by atoms with Crippen LogP contribution in [0.5, 0.6) is 5.75 Å². The highest BCUT2D eigenvalue weighted by Crippen LogP contribution is 2.18. The van der Waals surface area contributed by atoms with E-state index in [1.807, 2.05) is 38.1 Å². The molecule has 19 heavy (non-hydrogen) atoms. The van der Waals surface area contributed by atoms with Gasteiger partial charge in [0.05, 0.1) is 12.2 Å². The smallest absolute Gasteiger partial charge is 0.119 e. The van der Waals surface area contributed by atoms with Gasteiger partial charge in [-0.2, -0.15) is 0 Å². The fraction of sp³-hybridized carbons (Fsp3) is 0.625. The van der Waals surface area contributed by atoms with Crippen molar-refractivity contribution in [1.29, 1.82) is 0 Å². The summed E-state index contributed by atoms with van der Waals surface area (Å²) in [5.41, 5.74) is 0.923. The van der Waals surface area contributed by atoms with E-state index in [0.717, 1.165) is 24.2 Å². The Morgan fingerprint density at radius 3 is 2.32 bits per heavy atom. The van der Waals surface area contributed by atoms with Crippen LogP contribution in [-0.2, 0) is 0 Å². The molecule has 0 aliphatic carbocycles. The maximum absolute atomic E-state index is 10.1. The van der Waals surface area contributed by atoms with E-state index in [9.17, 15) is 5.11 Å². The molecule has 1 rings (SSSR count). The van der Waals surface area contributed by atoms with E-state index in [0.29, 0.717) is 12.6 Å². The molecule has 0 radical (unpaired) electrons. The Labute approximate surface area is 117 Å². The highest BCUT2D eigenvalue weighted by molar-refractivity contribution is 5.28. The van der Waals surface area contributed by atoms with Crippen LogP contribution >= 0.6 is 0 Å². The van der Waals surface area contributed by atoms with Gasteiger partial charge in [0.15, 0.2) is 0 Å². The number of aliphatic hydroxyl groups is 1. The summed E-state index contributed by atoms with van der Waals surface area (Å²) in [5, 5.41) is 13.5. The summed E-state index contributed by atoms with van der Waals surface area (Å²) in [6.07, 6.45) is 2.00. The molecule has 1 aromatic carbocycles. The summed E-state index contributed by atoms with van der Waals surface area (Å²) >= 11 is 0. The van der Waals surface area contributed by atoms with Gasteiger partial charge in [0.2, 0.25) is 0 Å². The fourth-order valence-electron chi connectivity index (χ4n) is 2.01. The first-order valence-electron chi connectivity index (χ1n) is 7.21. The molecule has 0 saturated heterocycles. The molecular weight excluding hydrogens is 238 g/mol. The van der Waals surface area contributed by atoms with Gasteiger partial charge < -0.3 is 15.2 Å². The first kappa shape index (κ1) is 16.0. The minimum absolute atomic E-state index is 0.173. The van der Waals surface area contributed by atoms with Crippen LogP contribution in [-0.4, -0.2) is 23.8 Å². The summed E-state index contributed by atoms with van der Waals surface area (Å²) in [4.78, 5) is 0. The average molecular weight is 265 g/mol. The van der Waals surface area contributed by atoms with E-state index in [-0.39, 0.29) is 6.10 Å². The molecule has 0 amide bonds. The number of rotatable bonds is 8. The average Bonchev–Trinajstić information content (AvgIpc) is 2.36. The van der Waals surface area contributed by atoms with Crippen LogP contribution in [0.2, 0.25) is 0 Å². The Morgan fingerprint density at radius 1 is 1.16 bits per heavy atom. The minimum atomic E-state index is -0.465. The van der Waals surface area contributed by atoms with Crippen LogP contribution < -0.4 is 10.1 Å². The quantitative estimate of drug-likeness (QED) is 0.758. The summed E-state index contributed by atoms with van der Waals surface area (Å²) < 4.78 is 5.58. The molecule has 2 N–H and O–H groups in total. The lowest BCUT2D eigenvalue weighted by Gasteiger charge is -2.17. The molecule has 0 aliphatic rings. The second kappa shape index (κ2) is 8.18. The minimum Gasteiger partial charge on any atom is -0.491 e. The Balaban J connectivity index is 2.46. The van der Waals surface area contributed by atoms with Crippen molar-refractivity contribution in [2.24, 2.45) is 0 Å². The molecule has 3 heteroatoms. The standard InChI is InChI=1S/C16H27NO2/c1-5-6-13(4)17-11-16(18)14-7-9-15(10-8-14)19-12(2)3/h7-10,12-13,16-18H,5-6,11H2,1-4H3. The van der Waals surface area contributed by atoms with Crippen molar-refractivity contribution >= 4 is 0 Å². The lowest BCUT2D eigenvalue weighted by molar-refractivity contribution is 0.169. The predicted molar refractivity (Wildman–Crippen MR) is 79.5 cm³/mol. The van der Waals surface area contributed by atoms with E-state index in [2.05, 4.69) is 19.2 Å². The molecule has 0 aliphatic heterocycles. The van der Waals surface area contributed by atoms with Gasteiger partial charge in [-0.25, -0.2) is 0 Å². The summed E-state index contributed by atoms with van der Waals surface area (Å²) in [7, 11) is 0. The Morgan fingerprint density at radius 2 is 1.79 bits per heavy atom. The molecule has 0 heterocycles. The van der Waals surface area contributed by atoms with E-state index in [1.54, 1.807) is 0 Å². The fourth-order valence-corrected chi connectivity index (χ4v) is 2.01. The second-order valence-electron chi connectivity index (χ2n) is 5.35. The first-order chi connectivity index (χ1) is 9.02. The topological polar surface area (TPSA) is 41.5 Å². The van der Waals surface area contributed by atoms with Gasteiger partial charge in [-0.05, 0) is 44.9 Å². The van der Waals surface area contributed by atoms with E-state index in [1.165, 1.54) is 0 Å². The predicted octanol–water partition coefficient (Wildman–Crippen LogP) is 3.29. The van der Waals surface area contributed by atoms with Crippen molar-refractivity contribution in [3.63, 3.8) is 0 Å². The number of hydrogen-bond donors (Lipinski definition) is 2. The third-order valence-electron chi connectivity index (χ3n) is 3.02. The van der Waals surface area contributed by atoms with Crippen LogP contribution in [0.15, 0.2) is 24.3 Å². The molecule has 0 spiro atoms. The van der Waals surface area contributed by atoms with Crippen molar-refractivity contribution < 1.29 is 9.84 Å². The van der Waals surface area contributed by atoms with Gasteiger partial charge in [-0.1, -0.05) is 25.5 Å². The number of nitrogens with one attached hydrogen (secondary N) is 1. The van der Waals surface area contributed by atoms with E-state index in [4.69, 9.17) is 4.74 Å². The van der Waals surface area contributed by atoms with Crippen molar-refractivity contribution in [3.8, 4) is 5.75 Å². The van der Waals surface area contributed by atoms with Crippen LogP contribution in [0.1, 0.15) is 52.2 Å². The van der Waals surface area contributed by atoms with Crippen molar-refractivity contribution in [1.82, 2.24) is 5.32 Å². The molecule has 1 aromatic rings. The highest BCUT2D eigenvalue weighted by Gasteiger charge is 2.09. The second-order valence-corrected chi connectivity index (χ2v) is 5.35. The van der Waals surface area contributed by atoms with Gasteiger partial charge in [0, 0.05) is 12.6 Å². The molecule has 3 nitrogen and oxygen atoms in total.